The molecule has 5 atom stereocenters. The molecule has 2 bridgehead atoms. The highest BCUT2D eigenvalue weighted by Crippen LogP contribution is 2.67. The van der Waals surface area contributed by atoms with E-state index in [2.05, 4.69) is 50.5 Å². The summed E-state index contributed by atoms with van der Waals surface area (Å²) in [7, 11) is 1.68. The minimum atomic E-state index is -0.741. The van der Waals surface area contributed by atoms with Gasteiger partial charge in [0.05, 0.1) is 24.6 Å². The Balaban J connectivity index is 1.34. The fourth-order valence-corrected chi connectivity index (χ4v) is 9.14. The van der Waals surface area contributed by atoms with Crippen molar-refractivity contribution in [3.8, 4) is 23.3 Å². The average Bonchev–Trinajstić information content (AvgIpc) is 3.75. The number of piperidine rings is 1. The molecule has 5 aliphatic rings. The van der Waals surface area contributed by atoms with Crippen molar-refractivity contribution in [2.24, 2.45) is 11.8 Å². The number of hydrogen-bond donors (Lipinski definition) is 0. The summed E-state index contributed by atoms with van der Waals surface area (Å²) in [6, 6.07) is 10.1. The van der Waals surface area contributed by atoms with Gasteiger partial charge in [0.2, 0.25) is 0 Å². The molecule has 2 aromatic carbocycles. The van der Waals surface area contributed by atoms with Crippen molar-refractivity contribution in [1.82, 2.24) is 9.80 Å². The first-order valence-corrected chi connectivity index (χ1v) is 16.8. The van der Waals surface area contributed by atoms with Crippen LogP contribution in [0.4, 0.5) is 0 Å². The number of amides is 1. The van der Waals surface area contributed by atoms with E-state index in [1.54, 1.807) is 14.0 Å². The van der Waals surface area contributed by atoms with Crippen LogP contribution >= 0.6 is 0 Å². The Morgan fingerprint density at radius 3 is 2.60 bits per heavy atom. The maximum Gasteiger partial charge on any atom is 0.303 e. The first kappa shape index (κ1) is 30.2. The molecule has 2 saturated carbocycles. The van der Waals surface area contributed by atoms with Gasteiger partial charge in [0.1, 0.15) is 11.7 Å². The van der Waals surface area contributed by atoms with E-state index in [9.17, 15) is 9.59 Å². The number of carbonyl (C=O) groups is 2. The first-order chi connectivity index (χ1) is 21.6. The number of carbonyl (C=O) groups excluding carboxylic acids is 2. The highest BCUT2D eigenvalue weighted by atomic mass is 16.6. The number of hydrogen-bond acceptors (Lipinski definition) is 6. The van der Waals surface area contributed by atoms with Gasteiger partial charge in [-0.2, -0.15) is 0 Å². The van der Waals surface area contributed by atoms with Crippen molar-refractivity contribution < 1.29 is 23.8 Å². The number of nitrogens with zero attached hydrogens (tertiary/aromatic N) is 2. The molecule has 0 unspecified atom stereocenters. The smallest absolute Gasteiger partial charge is 0.303 e. The van der Waals surface area contributed by atoms with Gasteiger partial charge in [0.25, 0.3) is 5.91 Å². The van der Waals surface area contributed by atoms with E-state index in [0.717, 1.165) is 54.3 Å². The third-order valence-electron chi connectivity index (χ3n) is 11.3. The second kappa shape index (κ2) is 11.1. The van der Waals surface area contributed by atoms with E-state index in [1.165, 1.54) is 24.0 Å². The second-order valence-electron chi connectivity index (χ2n) is 14.5. The van der Waals surface area contributed by atoms with Gasteiger partial charge >= 0.3 is 5.97 Å². The zero-order chi connectivity index (χ0) is 31.7. The predicted molar refractivity (Wildman–Crippen MR) is 172 cm³/mol. The maximum absolute atomic E-state index is 14.1. The molecular formula is C38H46N2O5. The van der Waals surface area contributed by atoms with Crippen LogP contribution in [0.3, 0.4) is 0 Å². The van der Waals surface area contributed by atoms with Crippen molar-refractivity contribution in [2.75, 3.05) is 26.7 Å². The molecule has 7 rings (SSSR count). The number of aryl methyl sites for hydroxylation is 2. The average molecular weight is 611 g/mol. The molecule has 1 spiro atoms. The maximum atomic E-state index is 14.1. The molecule has 0 N–H and O–H groups in total. The van der Waals surface area contributed by atoms with Crippen LogP contribution in [0.2, 0.25) is 0 Å². The Morgan fingerprint density at radius 2 is 1.91 bits per heavy atom. The SMILES string of the molecule is COc1ccc2c3c1O[C@H]1[C@@H](N(CC(C)C)C(=O)C#Cc4ccc(C)c(C)c4)CC[C@@]4(OC(C)=O)[C@@H](C2)N(CC2CC2)CC[C@]314. The number of ether oxygens (including phenoxy) is 3. The standard InChI is InChI=1S/C38H46N2O5/c1-23(2)21-40(33(42)14-11-27-8-7-24(3)25(4)19-27)30-15-16-38(45-26(5)41)32-20-29-12-13-31(43-6)35-34(29)37(38,36(30)44-35)17-18-39(32)22-28-9-10-28/h7-8,12-13,19,23,28,30,32,36H,9-10,15-18,20-22H2,1-6H3/t30-,32+,36-,37-,38+/m0/s1. The lowest BCUT2D eigenvalue weighted by Crippen LogP contribution is -2.79. The molecular weight excluding hydrogens is 564 g/mol. The third-order valence-corrected chi connectivity index (χ3v) is 11.3. The van der Waals surface area contributed by atoms with Crippen molar-refractivity contribution >= 4 is 11.9 Å². The molecule has 238 valence electrons. The summed E-state index contributed by atoms with van der Waals surface area (Å²) >= 11 is 0. The molecule has 2 heterocycles. The first-order valence-electron chi connectivity index (χ1n) is 16.8. The van der Waals surface area contributed by atoms with Crippen LogP contribution in [-0.2, 0) is 26.2 Å². The van der Waals surface area contributed by atoms with Gasteiger partial charge in [0.15, 0.2) is 11.5 Å². The highest BCUT2D eigenvalue weighted by Gasteiger charge is 2.76. The number of esters is 1. The topological polar surface area (TPSA) is 68.3 Å². The van der Waals surface area contributed by atoms with E-state index < -0.39 is 11.0 Å². The summed E-state index contributed by atoms with van der Waals surface area (Å²) in [5.41, 5.74) is 4.26. The number of rotatable bonds is 7. The van der Waals surface area contributed by atoms with Gasteiger partial charge in [-0.15, -0.1) is 0 Å². The van der Waals surface area contributed by atoms with Crippen LogP contribution in [0.25, 0.3) is 0 Å². The molecule has 1 saturated heterocycles. The number of methoxy groups -OCH3 is 1. The second-order valence-corrected chi connectivity index (χ2v) is 14.5. The van der Waals surface area contributed by atoms with Crippen LogP contribution in [-0.4, -0.2) is 72.2 Å². The Morgan fingerprint density at radius 1 is 1.11 bits per heavy atom. The van der Waals surface area contributed by atoms with E-state index in [1.807, 2.05) is 29.2 Å². The monoisotopic (exact) mass is 610 g/mol. The van der Waals surface area contributed by atoms with E-state index >= 15 is 0 Å². The molecule has 0 aromatic heterocycles. The van der Waals surface area contributed by atoms with Gasteiger partial charge in [-0.05, 0) is 106 Å². The van der Waals surface area contributed by atoms with Gasteiger partial charge in [-0.1, -0.05) is 31.9 Å². The van der Waals surface area contributed by atoms with Crippen molar-refractivity contribution in [1.29, 1.82) is 0 Å². The normalized spacial score (nSPS) is 29.3. The van der Waals surface area contributed by atoms with E-state index in [4.69, 9.17) is 14.2 Å². The summed E-state index contributed by atoms with van der Waals surface area (Å²) in [6.45, 7) is 12.5. The van der Waals surface area contributed by atoms with Crippen molar-refractivity contribution in [3.05, 3.63) is 58.1 Å². The zero-order valence-electron chi connectivity index (χ0n) is 27.6. The quantitative estimate of drug-likeness (QED) is 0.311. The molecule has 3 aliphatic carbocycles. The lowest BCUT2D eigenvalue weighted by Gasteiger charge is -2.65. The molecule has 2 aliphatic heterocycles. The third kappa shape index (κ3) is 4.74. The highest BCUT2D eigenvalue weighted by molar-refractivity contribution is 5.94. The molecule has 1 amide bonds. The molecule has 7 heteroatoms. The van der Waals surface area contributed by atoms with Crippen LogP contribution in [0.5, 0.6) is 11.5 Å². The molecule has 45 heavy (non-hydrogen) atoms. The number of benzene rings is 2. The Hall–Kier alpha value is -3.50. The zero-order valence-corrected chi connectivity index (χ0v) is 27.6. The van der Waals surface area contributed by atoms with Crippen LogP contribution in [0.15, 0.2) is 30.3 Å². The summed E-state index contributed by atoms with van der Waals surface area (Å²) in [5, 5.41) is 0. The summed E-state index contributed by atoms with van der Waals surface area (Å²) in [5.74, 6) is 8.14. The minimum Gasteiger partial charge on any atom is -0.493 e. The summed E-state index contributed by atoms with van der Waals surface area (Å²) in [4.78, 5) is 31.7. The Bertz CT molecular complexity index is 1600. The van der Waals surface area contributed by atoms with E-state index in [0.29, 0.717) is 25.1 Å². The fourth-order valence-electron chi connectivity index (χ4n) is 9.14. The number of likely N-dealkylation sites (tertiary alicyclic amines) is 1. The molecule has 2 aromatic rings. The summed E-state index contributed by atoms with van der Waals surface area (Å²) < 4.78 is 19.6. The van der Waals surface area contributed by atoms with Gasteiger partial charge in [-0.25, -0.2) is 0 Å². The fraction of sp³-hybridized carbons (Fsp3) is 0.579. The van der Waals surface area contributed by atoms with Crippen LogP contribution in [0.1, 0.15) is 80.7 Å². The predicted octanol–water partition coefficient (Wildman–Crippen LogP) is 5.35. The summed E-state index contributed by atoms with van der Waals surface area (Å²) in [6.07, 6.45) is 5.12. The van der Waals surface area contributed by atoms with Crippen LogP contribution in [0, 0.1) is 37.5 Å². The molecule has 0 radical (unpaired) electrons. The van der Waals surface area contributed by atoms with Crippen molar-refractivity contribution in [3.63, 3.8) is 0 Å². The largest absolute Gasteiger partial charge is 0.493 e. The lowest BCUT2D eigenvalue weighted by molar-refractivity contribution is -0.224. The van der Waals surface area contributed by atoms with Gasteiger partial charge < -0.3 is 19.1 Å². The van der Waals surface area contributed by atoms with E-state index in [-0.39, 0.29) is 36.0 Å². The molecule has 3 fully saturated rings. The van der Waals surface area contributed by atoms with Gasteiger partial charge in [0, 0.05) is 37.1 Å². The minimum absolute atomic E-state index is 0.0634. The Kier molecular flexibility index (Phi) is 7.43. The van der Waals surface area contributed by atoms with Crippen molar-refractivity contribution in [2.45, 2.75) is 102 Å². The Labute approximate surface area is 267 Å². The van der Waals surface area contributed by atoms with Crippen LogP contribution < -0.4 is 9.47 Å². The van der Waals surface area contributed by atoms with Gasteiger partial charge in [-0.3, -0.25) is 14.5 Å². The lowest BCUT2D eigenvalue weighted by atomic mass is 9.48. The molecule has 7 nitrogen and oxygen atoms in total.